The number of nitrogens with zero attached hydrogens (tertiary/aromatic N) is 3. The van der Waals surface area contributed by atoms with Crippen LogP contribution < -0.4 is 5.32 Å². The van der Waals surface area contributed by atoms with Crippen molar-refractivity contribution in [2.24, 2.45) is 7.05 Å². The second kappa shape index (κ2) is 5.12. The van der Waals surface area contributed by atoms with E-state index in [0.29, 0.717) is 6.04 Å². The van der Waals surface area contributed by atoms with Gasteiger partial charge >= 0.3 is 0 Å². The van der Waals surface area contributed by atoms with Crippen molar-refractivity contribution >= 4 is 0 Å². The van der Waals surface area contributed by atoms with Crippen LogP contribution in [0.5, 0.6) is 0 Å². The molecule has 0 saturated carbocycles. The van der Waals surface area contributed by atoms with Gasteiger partial charge in [-0.3, -0.25) is 9.58 Å². The van der Waals surface area contributed by atoms with Crippen molar-refractivity contribution in [1.82, 2.24) is 20.0 Å². The van der Waals surface area contributed by atoms with Gasteiger partial charge in [0.15, 0.2) is 0 Å². The first-order valence-corrected chi connectivity index (χ1v) is 4.98. The minimum atomic E-state index is 0.428. The predicted octanol–water partition coefficient (Wildman–Crippen LogP) is 0.632. The molecule has 1 unspecified atom stereocenters. The summed E-state index contributed by atoms with van der Waals surface area (Å²) in [6.45, 7) is 4.26. The van der Waals surface area contributed by atoms with Crippen LogP contribution in [0.15, 0.2) is 12.4 Å². The molecule has 0 radical (unpaired) electrons. The minimum absolute atomic E-state index is 0.428. The third kappa shape index (κ3) is 2.82. The number of aryl methyl sites for hydroxylation is 1. The van der Waals surface area contributed by atoms with Crippen molar-refractivity contribution in [2.75, 3.05) is 27.2 Å². The fourth-order valence-electron chi connectivity index (χ4n) is 1.39. The van der Waals surface area contributed by atoms with Gasteiger partial charge < -0.3 is 5.32 Å². The Kier molecular flexibility index (Phi) is 4.10. The van der Waals surface area contributed by atoms with Crippen LogP contribution in [0.4, 0.5) is 0 Å². The van der Waals surface area contributed by atoms with E-state index in [-0.39, 0.29) is 0 Å². The molecule has 0 aliphatic rings. The molecule has 0 saturated heterocycles. The number of nitrogens with one attached hydrogen (secondary N) is 1. The Morgan fingerprint density at radius 3 is 2.86 bits per heavy atom. The molecule has 0 aliphatic heterocycles. The Labute approximate surface area is 85.9 Å². The molecule has 14 heavy (non-hydrogen) atoms. The molecule has 1 atom stereocenters. The summed E-state index contributed by atoms with van der Waals surface area (Å²) in [4.78, 5) is 2.31. The van der Waals surface area contributed by atoms with Crippen LogP contribution in [-0.2, 0) is 7.05 Å². The van der Waals surface area contributed by atoms with Gasteiger partial charge in [-0.2, -0.15) is 5.10 Å². The summed E-state index contributed by atoms with van der Waals surface area (Å²) < 4.78 is 1.84. The van der Waals surface area contributed by atoms with E-state index in [1.807, 2.05) is 25.0 Å². The average molecular weight is 196 g/mol. The van der Waals surface area contributed by atoms with E-state index in [1.165, 1.54) is 5.56 Å². The molecule has 1 heterocycles. The molecule has 0 bridgehead atoms. The third-order valence-corrected chi connectivity index (χ3v) is 2.58. The molecule has 0 fully saturated rings. The van der Waals surface area contributed by atoms with Gasteiger partial charge in [0.1, 0.15) is 0 Å². The van der Waals surface area contributed by atoms with Crippen LogP contribution >= 0.6 is 0 Å². The van der Waals surface area contributed by atoms with E-state index in [0.717, 1.165) is 13.1 Å². The molecule has 4 heteroatoms. The summed E-state index contributed by atoms with van der Waals surface area (Å²) in [5, 5.41) is 7.32. The van der Waals surface area contributed by atoms with Crippen LogP contribution in [0.1, 0.15) is 18.5 Å². The highest BCUT2D eigenvalue weighted by Gasteiger charge is 2.11. The summed E-state index contributed by atoms with van der Waals surface area (Å²) >= 11 is 0. The van der Waals surface area contributed by atoms with E-state index in [2.05, 4.69) is 35.5 Å². The Hall–Kier alpha value is -0.870. The number of aromatic nitrogens is 2. The van der Waals surface area contributed by atoms with Gasteiger partial charge in [-0.15, -0.1) is 0 Å². The maximum atomic E-state index is 4.17. The molecular formula is C10H20N4. The lowest BCUT2D eigenvalue weighted by Crippen LogP contribution is -2.29. The summed E-state index contributed by atoms with van der Waals surface area (Å²) in [5.41, 5.74) is 1.27. The van der Waals surface area contributed by atoms with Gasteiger partial charge in [0.25, 0.3) is 0 Å². The Morgan fingerprint density at radius 1 is 1.64 bits per heavy atom. The van der Waals surface area contributed by atoms with E-state index in [9.17, 15) is 0 Å². The Balaban J connectivity index is 2.51. The summed E-state index contributed by atoms with van der Waals surface area (Å²) in [6, 6.07) is 0.428. The second-order valence-electron chi connectivity index (χ2n) is 3.71. The van der Waals surface area contributed by atoms with Crippen molar-refractivity contribution in [1.29, 1.82) is 0 Å². The van der Waals surface area contributed by atoms with Crippen LogP contribution in [0, 0.1) is 0 Å². The lowest BCUT2D eigenvalue weighted by Gasteiger charge is -2.23. The number of hydrogen-bond donors (Lipinski definition) is 1. The smallest absolute Gasteiger partial charge is 0.0537 e. The van der Waals surface area contributed by atoms with Crippen molar-refractivity contribution in [2.45, 2.75) is 13.0 Å². The monoisotopic (exact) mass is 196 g/mol. The zero-order chi connectivity index (χ0) is 10.6. The quantitative estimate of drug-likeness (QED) is 0.750. The first kappa shape index (κ1) is 11.2. The van der Waals surface area contributed by atoms with E-state index >= 15 is 0 Å². The number of hydrogen-bond acceptors (Lipinski definition) is 3. The maximum Gasteiger partial charge on any atom is 0.0537 e. The van der Waals surface area contributed by atoms with Gasteiger partial charge in [-0.25, -0.2) is 0 Å². The number of likely N-dealkylation sites (N-methyl/N-ethyl adjacent to an activating group) is 2. The Bertz CT molecular complexity index is 269. The molecule has 1 aromatic heterocycles. The fraction of sp³-hybridized carbons (Fsp3) is 0.700. The maximum absolute atomic E-state index is 4.17. The molecule has 80 valence electrons. The molecule has 1 N–H and O–H groups in total. The van der Waals surface area contributed by atoms with E-state index < -0.39 is 0 Å². The SMILES string of the molecule is CNCCN(C)C(C)c1cnn(C)c1. The first-order valence-electron chi connectivity index (χ1n) is 4.98. The van der Waals surface area contributed by atoms with E-state index in [1.54, 1.807) is 0 Å². The second-order valence-corrected chi connectivity index (χ2v) is 3.71. The molecule has 0 aromatic carbocycles. The zero-order valence-corrected chi connectivity index (χ0v) is 9.49. The molecule has 1 rings (SSSR count). The largest absolute Gasteiger partial charge is 0.318 e. The summed E-state index contributed by atoms with van der Waals surface area (Å²) in [5.74, 6) is 0. The molecular weight excluding hydrogens is 176 g/mol. The highest BCUT2D eigenvalue weighted by molar-refractivity contribution is 5.08. The van der Waals surface area contributed by atoms with Crippen LogP contribution in [0.3, 0.4) is 0 Å². The number of rotatable bonds is 5. The normalized spacial score (nSPS) is 13.5. The Morgan fingerprint density at radius 2 is 2.36 bits per heavy atom. The topological polar surface area (TPSA) is 33.1 Å². The molecule has 0 spiro atoms. The predicted molar refractivity (Wildman–Crippen MR) is 58.2 cm³/mol. The van der Waals surface area contributed by atoms with Gasteiger partial charge in [0, 0.05) is 37.9 Å². The highest BCUT2D eigenvalue weighted by atomic mass is 15.2. The van der Waals surface area contributed by atoms with Crippen molar-refractivity contribution in [3.05, 3.63) is 18.0 Å². The van der Waals surface area contributed by atoms with Crippen LogP contribution in [-0.4, -0.2) is 41.9 Å². The summed E-state index contributed by atoms with van der Waals surface area (Å²) in [7, 11) is 6.06. The molecule has 0 amide bonds. The molecule has 4 nitrogen and oxygen atoms in total. The standard InChI is InChI=1S/C10H20N4/c1-9(13(3)6-5-11-2)10-7-12-14(4)8-10/h7-9,11H,5-6H2,1-4H3. The lowest BCUT2D eigenvalue weighted by atomic mass is 10.2. The third-order valence-electron chi connectivity index (χ3n) is 2.58. The van der Waals surface area contributed by atoms with Gasteiger partial charge in [0.05, 0.1) is 6.20 Å². The molecule has 1 aromatic rings. The average Bonchev–Trinajstić information content (AvgIpc) is 2.60. The lowest BCUT2D eigenvalue weighted by molar-refractivity contribution is 0.263. The van der Waals surface area contributed by atoms with Crippen LogP contribution in [0.2, 0.25) is 0 Å². The van der Waals surface area contributed by atoms with Crippen molar-refractivity contribution in [3.8, 4) is 0 Å². The fourth-order valence-corrected chi connectivity index (χ4v) is 1.39. The zero-order valence-electron chi connectivity index (χ0n) is 9.49. The van der Waals surface area contributed by atoms with Gasteiger partial charge in [0.2, 0.25) is 0 Å². The van der Waals surface area contributed by atoms with Crippen molar-refractivity contribution < 1.29 is 0 Å². The van der Waals surface area contributed by atoms with Gasteiger partial charge in [-0.1, -0.05) is 0 Å². The van der Waals surface area contributed by atoms with Crippen LogP contribution in [0.25, 0.3) is 0 Å². The van der Waals surface area contributed by atoms with Gasteiger partial charge in [-0.05, 0) is 21.0 Å². The van der Waals surface area contributed by atoms with Crippen molar-refractivity contribution in [3.63, 3.8) is 0 Å². The minimum Gasteiger partial charge on any atom is -0.318 e. The first-order chi connectivity index (χ1) is 6.65. The highest BCUT2D eigenvalue weighted by Crippen LogP contribution is 2.16. The molecule has 0 aliphatic carbocycles. The summed E-state index contributed by atoms with van der Waals surface area (Å²) in [6.07, 6.45) is 4.00. The van der Waals surface area contributed by atoms with E-state index in [4.69, 9.17) is 0 Å².